The summed E-state index contributed by atoms with van der Waals surface area (Å²) in [4.78, 5) is 12.8. The second-order valence-corrected chi connectivity index (χ2v) is 6.07. The molecule has 11 heteroatoms. The Labute approximate surface area is 136 Å². The number of ether oxygens (including phenoxy) is 1. The van der Waals surface area contributed by atoms with Gasteiger partial charge in [0, 0.05) is 4.57 Å². The number of nitriles is 1. The van der Waals surface area contributed by atoms with Crippen molar-refractivity contribution in [2.45, 2.75) is 30.8 Å². The van der Waals surface area contributed by atoms with Crippen molar-refractivity contribution in [1.29, 1.82) is 5.26 Å². The van der Waals surface area contributed by atoms with Crippen LogP contribution in [0.3, 0.4) is 0 Å². The van der Waals surface area contributed by atoms with Gasteiger partial charge >= 0.3 is 8.25 Å². The lowest BCUT2D eigenvalue weighted by molar-refractivity contribution is -0.0613. The van der Waals surface area contributed by atoms with Crippen LogP contribution in [0.25, 0.3) is 5.52 Å². The third kappa shape index (κ3) is 2.48. The third-order valence-electron chi connectivity index (χ3n) is 4.00. The van der Waals surface area contributed by atoms with Crippen LogP contribution in [0, 0.1) is 18.3 Å². The lowest BCUT2D eigenvalue weighted by atomic mass is 9.92. The highest BCUT2D eigenvalue weighted by molar-refractivity contribution is 7.32. The first kappa shape index (κ1) is 16.9. The van der Waals surface area contributed by atoms with E-state index < -0.39 is 38.8 Å². The van der Waals surface area contributed by atoms with Crippen molar-refractivity contribution in [1.82, 2.24) is 14.6 Å². The maximum absolute atomic E-state index is 10.7. The van der Waals surface area contributed by atoms with Gasteiger partial charge in [-0.2, -0.15) is 10.4 Å². The van der Waals surface area contributed by atoms with Crippen molar-refractivity contribution in [3.05, 3.63) is 29.8 Å². The standard InChI is InChI=1S/C13H13N4O6P/c1-7-8-2-3-10(17(8)16-6-15-7)13(5-14)12(19)11(18)9(23-13)4-22-24(20)21/h2-3,6,9,11-12,18-19H,4H2,1H3/p+1/t9-,11-,12-,13+/m1/s1. The van der Waals surface area contributed by atoms with E-state index in [1.54, 1.807) is 19.1 Å². The molecule has 5 atom stereocenters. The Bertz CT molecular complexity index is 835. The summed E-state index contributed by atoms with van der Waals surface area (Å²) in [7, 11) is -2.89. The van der Waals surface area contributed by atoms with E-state index in [2.05, 4.69) is 14.6 Å². The molecule has 2 aromatic heterocycles. The first-order chi connectivity index (χ1) is 11.4. The largest absolute Gasteiger partial charge is 0.694 e. The van der Waals surface area contributed by atoms with Gasteiger partial charge in [0.05, 0.1) is 16.9 Å². The molecule has 0 spiro atoms. The lowest BCUT2D eigenvalue weighted by Crippen LogP contribution is -2.41. The van der Waals surface area contributed by atoms with Gasteiger partial charge < -0.3 is 14.9 Å². The van der Waals surface area contributed by atoms with Crippen LogP contribution in [0.1, 0.15) is 11.4 Å². The van der Waals surface area contributed by atoms with Gasteiger partial charge in [-0.1, -0.05) is 0 Å². The number of nitrogens with zero attached hydrogens (tertiary/aromatic N) is 4. The first-order valence-electron chi connectivity index (χ1n) is 6.95. The molecule has 0 aromatic carbocycles. The molecule has 0 amide bonds. The number of fused-ring (bicyclic) bond motifs is 1. The SMILES string of the molecule is Cc1ncnn2c([C@]3(C#N)O[C@H](CO[P+](=O)O)[C@@H](O)[C@H]3O)ccc12. The van der Waals surface area contributed by atoms with Crippen LogP contribution < -0.4 is 0 Å². The number of aromatic nitrogens is 3. The topological polar surface area (TPSA) is 150 Å². The van der Waals surface area contributed by atoms with Crippen molar-refractivity contribution in [2.24, 2.45) is 0 Å². The van der Waals surface area contributed by atoms with Crippen LogP contribution in [0.2, 0.25) is 0 Å². The maximum Gasteiger partial charge on any atom is 0.694 e. The summed E-state index contributed by atoms with van der Waals surface area (Å²) in [6.07, 6.45) is -2.93. The van der Waals surface area contributed by atoms with E-state index in [-0.39, 0.29) is 5.69 Å². The number of hydrogen-bond acceptors (Lipinski definition) is 8. The molecule has 126 valence electrons. The predicted octanol–water partition coefficient (Wildman–Crippen LogP) is -0.457. The minimum Gasteiger partial charge on any atom is -0.387 e. The van der Waals surface area contributed by atoms with Crippen molar-refractivity contribution in [3.8, 4) is 6.07 Å². The molecule has 0 saturated carbocycles. The first-order valence-corrected chi connectivity index (χ1v) is 8.08. The third-order valence-corrected chi connectivity index (χ3v) is 4.37. The number of aliphatic hydroxyl groups excluding tert-OH is 2. The molecule has 3 rings (SSSR count). The highest BCUT2D eigenvalue weighted by Crippen LogP contribution is 2.40. The molecule has 3 heterocycles. The van der Waals surface area contributed by atoms with E-state index in [4.69, 9.17) is 9.63 Å². The van der Waals surface area contributed by atoms with Crippen molar-refractivity contribution in [3.63, 3.8) is 0 Å². The summed E-state index contributed by atoms with van der Waals surface area (Å²) in [5, 5.41) is 34.2. The Morgan fingerprint density at radius 2 is 2.29 bits per heavy atom. The molecular weight excluding hydrogens is 339 g/mol. The zero-order valence-electron chi connectivity index (χ0n) is 12.5. The summed E-state index contributed by atoms with van der Waals surface area (Å²) in [6.45, 7) is 1.31. The van der Waals surface area contributed by atoms with Gasteiger partial charge in [0.1, 0.15) is 37.3 Å². The highest BCUT2D eigenvalue weighted by atomic mass is 31.1. The summed E-state index contributed by atoms with van der Waals surface area (Å²) in [5.74, 6) is 0. The molecule has 1 aliphatic heterocycles. The maximum atomic E-state index is 10.7. The van der Waals surface area contributed by atoms with Gasteiger partial charge in [0.2, 0.25) is 5.60 Å². The fraction of sp³-hybridized carbons (Fsp3) is 0.462. The summed E-state index contributed by atoms with van der Waals surface area (Å²) in [5.41, 5.74) is -0.408. The average molecular weight is 353 g/mol. The average Bonchev–Trinajstić information content (AvgIpc) is 3.09. The van der Waals surface area contributed by atoms with E-state index in [1.807, 2.05) is 6.07 Å². The fourth-order valence-electron chi connectivity index (χ4n) is 2.79. The number of aryl methyl sites for hydroxylation is 1. The molecule has 0 aliphatic carbocycles. The molecule has 1 fully saturated rings. The Balaban J connectivity index is 2.04. The van der Waals surface area contributed by atoms with Crippen LogP contribution in [-0.4, -0.2) is 54.6 Å². The van der Waals surface area contributed by atoms with E-state index in [0.717, 1.165) is 0 Å². The zero-order chi connectivity index (χ0) is 17.5. The van der Waals surface area contributed by atoms with Gasteiger partial charge in [-0.25, -0.2) is 9.50 Å². The summed E-state index contributed by atoms with van der Waals surface area (Å²) < 4.78 is 22.1. The Morgan fingerprint density at radius 3 is 2.96 bits per heavy atom. The van der Waals surface area contributed by atoms with Crippen molar-refractivity contribution >= 4 is 13.8 Å². The molecular formula is C13H14N4O6P+. The molecule has 2 aromatic rings. The van der Waals surface area contributed by atoms with Crippen LogP contribution in [-0.2, 0) is 19.4 Å². The normalized spacial score (nSPS) is 30.5. The van der Waals surface area contributed by atoms with Gasteiger partial charge in [0.25, 0.3) is 0 Å². The van der Waals surface area contributed by atoms with Crippen molar-refractivity contribution < 1.29 is 28.9 Å². The van der Waals surface area contributed by atoms with Crippen molar-refractivity contribution in [2.75, 3.05) is 6.61 Å². The number of aliphatic hydroxyl groups is 2. The number of hydrogen-bond donors (Lipinski definition) is 3. The second kappa shape index (κ2) is 6.14. The quantitative estimate of drug-likeness (QED) is 0.620. The van der Waals surface area contributed by atoms with Crippen LogP contribution in [0.15, 0.2) is 18.5 Å². The Kier molecular flexibility index (Phi) is 4.31. The predicted molar refractivity (Wildman–Crippen MR) is 77.7 cm³/mol. The number of rotatable bonds is 4. The van der Waals surface area contributed by atoms with Crippen LogP contribution in [0.5, 0.6) is 0 Å². The van der Waals surface area contributed by atoms with E-state index in [1.165, 1.54) is 10.8 Å². The van der Waals surface area contributed by atoms with Crippen LogP contribution in [0.4, 0.5) is 0 Å². The summed E-state index contributed by atoms with van der Waals surface area (Å²) >= 11 is 0. The zero-order valence-corrected chi connectivity index (χ0v) is 13.4. The second-order valence-electron chi connectivity index (χ2n) is 5.33. The van der Waals surface area contributed by atoms with Gasteiger partial charge in [0.15, 0.2) is 0 Å². The lowest BCUT2D eigenvalue weighted by Gasteiger charge is -2.24. The van der Waals surface area contributed by atoms with Crippen LogP contribution >= 0.6 is 8.25 Å². The molecule has 24 heavy (non-hydrogen) atoms. The fourth-order valence-corrected chi connectivity index (χ4v) is 3.07. The molecule has 3 N–H and O–H groups in total. The molecule has 0 bridgehead atoms. The van der Waals surface area contributed by atoms with E-state index in [0.29, 0.717) is 11.2 Å². The minimum absolute atomic E-state index is 0.216. The highest BCUT2D eigenvalue weighted by Gasteiger charge is 2.58. The Hall–Kier alpha value is -1.99. The Morgan fingerprint density at radius 1 is 1.54 bits per heavy atom. The van der Waals surface area contributed by atoms with Gasteiger partial charge in [-0.3, -0.25) is 0 Å². The summed E-state index contributed by atoms with van der Waals surface area (Å²) in [6, 6.07) is 5.10. The molecule has 0 radical (unpaired) electrons. The monoisotopic (exact) mass is 353 g/mol. The minimum atomic E-state index is -2.89. The van der Waals surface area contributed by atoms with Gasteiger partial charge in [-0.05, 0) is 19.1 Å². The van der Waals surface area contributed by atoms with E-state index >= 15 is 0 Å². The van der Waals surface area contributed by atoms with E-state index in [9.17, 15) is 20.0 Å². The molecule has 1 aliphatic rings. The molecule has 10 nitrogen and oxygen atoms in total. The molecule has 1 saturated heterocycles. The smallest absolute Gasteiger partial charge is 0.387 e. The van der Waals surface area contributed by atoms with Gasteiger partial charge in [-0.15, -0.1) is 9.42 Å². The molecule has 1 unspecified atom stereocenters.